The van der Waals surface area contributed by atoms with Crippen LogP contribution in [0.25, 0.3) is 0 Å². The third-order valence-corrected chi connectivity index (χ3v) is 3.53. The van der Waals surface area contributed by atoms with Crippen LogP contribution < -0.4 is 5.32 Å². The van der Waals surface area contributed by atoms with Crippen LogP contribution in [0.5, 0.6) is 0 Å². The van der Waals surface area contributed by atoms with Gasteiger partial charge in [0.05, 0.1) is 22.6 Å². The normalized spacial score (nSPS) is 22.2. The number of aromatic carboxylic acids is 1. The molecular formula is C13H16N2O5. The Hall–Kier alpha value is -2.15. The summed E-state index contributed by atoms with van der Waals surface area (Å²) in [7, 11) is 0. The lowest BCUT2D eigenvalue weighted by Gasteiger charge is -2.29. The Morgan fingerprint density at radius 2 is 2.05 bits per heavy atom. The molecule has 1 aromatic rings. The molecule has 0 bridgehead atoms. The van der Waals surface area contributed by atoms with E-state index in [-0.39, 0.29) is 23.0 Å². The summed E-state index contributed by atoms with van der Waals surface area (Å²) in [6.07, 6.45) is 2.46. The first kappa shape index (κ1) is 14.3. The number of carboxylic acids is 1. The van der Waals surface area contributed by atoms with E-state index < -0.39 is 17.0 Å². The van der Waals surface area contributed by atoms with Crippen LogP contribution in [0.15, 0.2) is 18.2 Å². The highest BCUT2D eigenvalue weighted by atomic mass is 16.6. The number of carbonyl (C=O) groups is 1. The van der Waals surface area contributed by atoms with Crippen molar-refractivity contribution in [3.8, 4) is 0 Å². The summed E-state index contributed by atoms with van der Waals surface area (Å²) in [4.78, 5) is 21.6. The Labute approximate surface area is 115 Å². The molecule has 20 heavy (non-hydrogen) atoms. The van der Waals surface area contributed by atoms with Gasteiger partial charge < -0.3 is 15.5 Å². The number of anilines is 1. The van der Waals surface area contributed by atoms with Crippen LogP contribution in [0.1, 0.15) is 36.0 Å². The Balaban J connectivity index is 2.37. The highest BCUT2D eigenvalue weighted by molar-refractivity contribution is 5.96. The molecule has 2 unspecified atom stereocenters. The maximum absolute atomic E-state index is 11.2. The molecule has 0 saturated heterocycles. The highest BCUT2D eigenvalue weighted by Crippen LogP contribution is 2.31. The van der Waals surface area contributed by atoms with E-state index in [0.717, 1.165) is 12.8 Å². The van der Waals surface area contributed by atoms with Gasteiger partial charge in [0, 0.05) is 6.07 Å². The quantitative estimate of drug-likeness (QED) is 0.574. The monoisotopic (exact) mass is 280 g/mol. The molecule has 1 saturated carbocycles. The zero-order valence-electron chi connectivity index (χ0n) is 10.8. The minimum atomic E-state index is -1.23. The molecule has 0 spiro atoms. The highest BCUT2D eigenvalue weighted by Gasteiger charge is 2.28. The molecular weight excluding hydrogens is 264 g/mol. The summed E-state index contributed by atoms with van der Waals surface area (Å²) < 4.78 is 0. The standard InChI is InChI=1S/C13H16N2O5/c16-11-7-2-1-5-9(11)14-12-8(13(17)18)4-3-6-10(12)15(19)20/h3-4,6,9,11,14,16H,1-2,5,7H2,(H,17,18). The third-order valence-electron chi connectivity index (χ3n) is 3.53. The van der Waals surface area contributed by atoms with Crippen molar-refractivity contribution >= 4 is 17.3 Å². The average Bonchev–Trinajstić information content (AvgIpc) is 2.41. The van der Waals surface area contributed by atoms with Crippen LogP contribution in [0.4, 0.5) is 11.4 Å². The molecule has 1 aromatic carbocycles. The molecule has 2 atom stereocenters. The van der Waals surface area contributed by atoms with Gasteiger partial charge in [-0.2, -0.15) is 0 Å². The fraction of sp³-hybridized carbons (Fsp3) is 0.462. The topological polar surface area (TPSA) is 113 Å². The van der Waals surface area contributed by atoms with Gasteiger partial charge in [0.15, 0.2) is 0 Å². The number of hydrogen-bond acceptors (Lipinski definition) is 5. The Kier molecular flexibility index (Phi) is 4.19. The summed E-state index contributed by atoms with van der Waals surface area (Å²) in [5, 5.41) is 32.9. The molecule has 0 heterocycles. The summed E-state index contributed by atoms with van der Waals surface area (Å²) in [6.45, 7) is 0. The molecule has 2 rings (SSSR count). The van der Waals surface area contributed by atoms with Crippen LogP contribution in [0.2, 0.25) is 0 Å². The first-order valence-corrected chi connectivity index (χ1v) is 6.46. The van der Waals surface area contributed by atoms with Crippen LogP contribution in [0, 0.1) is 10.1 Å². The van der Waals surface area contributed by atoms with Gasteiger partial charge in [0.25, 0.3) is 5.69 Å². The lowest BCUT2D eigenvalue weighted by molar-refractivity contribution is -0.384. The third kappa shape index (κ3) is 2.88. The second kappa shape index (κ2) is 5.87. The molecule has 0 radical (unpaired) electrons. The second-order valence-electron chi connectivity index (χ2n) is 4.86. The maximum Gasteiger partial charge on any atom is 0.338 e. The number of hydrogen-bond donors (Lipinski definition) is 3. The van der Waals surface area contributed by atoms with E-state index in [9.17, 15) is 20.0 Å². The van der Waals surface area contributed by atoms with Crippen molar-refractivity contribution in [3.63, 3.8) is 0 Å². The molecule has 1 aliphatic carbocycles. The van der Waals surface area contributed by atoms with Gasteiger partial charge in [0.2, 0.25) is 0 Å². The Bertz CT molecular complexity index is 499. The molecule has 0 aliphatic heterocycles. The predicted octanol–water partition coefficient (Wildman–Crippen LogP) is 2.01. The molecule has 7 heteroatoms. The molecule has 3 N–H and O–H groups in total. The first-order chi connectivity index (χ1) is 9.50. The minimum absolute atomic E-state index is 0.0315. The Morgan fingerprint density at radius 3 is 2.65 bits per heavy atom. The molecule has 1 fully saturated rings. The van der Waals surface area contributed by atoms with E-state index in [0.29, 0.717) is 12.8 Å². The van der Waals surface area contributed by atoms with Crippen molar-refractivity contribution in [2.45, 2.75) is 37.8 Å². The van der Waals surface area contributed by atoms with Crippen molar-refractivity contribution in [3.05, 3.63) is 33.9 Å². The van der Waals surface area contributed by atoms with Crippen LogP contribution in [-0.2, 0) is 0 Å². The van der Waals surface area contributed by atoms with Crippen molar-refractivity contribution in [1.29, 1.82) is 0 Å². The number of nitro benzene ring substituents is 1. The summed E-state index contributed by atoms with van der Waals surface area (Å²) in [6, 6.07) is 3.55. The number of benzene rings is 1. The van der Waals surface area contributed by atoms with Gasteiger partial charge in [-0.1, -0.05) is 18.9 Å². The number of rotatable bonds is 4. The SMILES string of the molecule is O=C(O)c1cccc([N+](=O)[O-])c1NC1CCCCC1O. The van der Waals surface area contributed by atoms with Crippen molar-refractivity contribution in [2.75, 3.05) is 5.32 Å². The number of nitrogens with one attached hydrogen (secondary N) is 1. The molecule has 108 valence electrons. The van der Waals surface area contributed by atoms with Crippen molar-refractivity contribution in [1.82, 2.24) is 0 Å². The fourth-order valence-electron chi connectivity index (χ4n) is 2.49. The van der Waals surface area contributed by atoms with E-state index in [1.807, 2.05) is 0 Å². The van der Waals surface area contributed by atoms with E-state index in [1.165, 1.54) is 18.2 Å². The molecule has 0 aromatic heterocycles. The second-order valence-corrected chi connectivity index (χ2v) is 4.86. The lowest BCUT2D eigenvalue weighted by atomic mass is 9.92. The van der Waals surface area contributed by atoms with Crippen LogP contribution in [-0.4, -0.2) is 33.3 Å². The van der Waals surface area contributed by atoms with Gasteiger partial charge in [-0.05, 0) is 18.9 Å². The minimum Gasteiger partial charge on any atom is -0.478 e. The van der Waals surface area contributed by atoms with E-state index >= 15 is 0 Å². The number of nitro groups is 1. The van der Waals surface area contributed by atoms with Crippen molar-refractivity contribution in [2.24, 2.45) is 0 Å². The van der Waals surface area contributed by atoms with Gasteiger partial charge in [-0.25, -0.2) is 4.79 Å². The largest absolute Gasteiger partial charge is 0.478 e. The average molecular weight is 280 g/mol. The van der Waals surface area contributed by atoms with Gasteiger partial charge >= 0.3 is 5.97 Å². The summed E-state index contributed by atoms with van der Waals surface area (Å²) in [5.41, 5.74) is -0.476. The summed E-state index contributed by atoms with van der Waals surface area (Å²) in [5.74, 6) is -1.23. The maximum atomic E-state index is 11.2. The van der Waals surface area contributed by atoms with Crippen LogP contribution in [0.3, 0.4) is 0 Å². The lowest BCUT2D eigenvalue weighted by Crippen LogP contribution is -2.37. The fourth-order valence-corrected chi connectivity index (χ4v) is 2.49. The zero-order chi connectivity index (χ0) is 14.7. The zero-order valence-corrected chi connectivity index (χ0v) is 10.8. The summed E-state index contributed by atoms with van der Waals surface area (Å²) >= 11 is 0. The number of carboxylic acid groups (broad SMARTS) is 1. The number of para-hydroxylation sites is 1. The first-order valence-electron chi connectivity index (χ1n) is 6.46. The van der Waals surface area contributed by atoms with Crippen molar-refractivity contribution < 1.29 is 19.9 Å². The van der Waals surface area contributed by atoms with E-state index in [2.05, 4.69) is 5.32 Å². The van der Waals surface area contributed by atoms with Gasteiger partial charge in [-0.3, -0.25) is 10.1 Å². The molecule has 7 nitrogen and oxygen atoms in total. The van der Waals surface area contributed by atoms with E-state index in [1.54, 1.807) is 0 Å². The smallest absolute Gasteiger partial charge is 0.338 e. The number of aliphatic hydroxyl groups excluding tert-OH is 1. The Morgan fingerprint density at radius 1 is 1.35 bits per heavy atom. The predicted molar refractivity (Wildman–Crippen MR) is 71.9 cm³/mol. The van der Waals surface area contributed by atoms with Crippen LogP contribution >= 0.6 is 0 Å². The molecule has 1 aliphatic rings. The van der Waals surface area contributed by atoms with Gasteiger partial charge in [0.1, 0.15) is 5.69 Å². The number of nitrogens with zero attached hydrogens (tertiary/aromatic N) is 1. The van der Waals surface area contributed by atoms with E-state index in [4.69, 9.17) is 5.11 Å². The molecule has 0 amide bonds. The number of aliphatic hydroxyl groups is 1. The van der Waals surface area contributed by atoms with Gasteiger partial charge in [-0.15, -0.1) is 0 Å².